The second-order valence-corrected chi connectivity index (χ2v) is 4.41. The summed E-state index contributed by atoms with van der Waals surface area (Å²) < 4.78 is 0. The Morgan fingerprint density at radius 1 is 1.31 bits per heavy atom. The molecule has 1 aromatic rings. The summed E-state index contributed by atoms with van der Waals surface area (Å²) in [5.74, 6) is 0.627. The number of benzene rings is 1. The molecule has 0 aromatic heterocycles. The summed E-state index contributed by atoms with van der Waals surface area (Å²) in [6.07, 6.45) is 2.11. The molecule has 0 N–H and O–H groups in total. The van der Waals surface area contributed by atoms with E-state index in [4.69, 9.17) is 0 Å². The molecule has 88 valence electrons. The van der Waals surface area contributed by atoms with Crippen LogP contribution in [0.25, 0.3) is 0 Å². The van der Waals surface area contributed by atoms with Crippen LogP contribution in [0.15, 0.2) is 24.3 Å². The van der Waals surface area contributed by atoms with E-state index in [0.717, 1.165) is 12.8 Å². The molecule has 0 aliphatic rings. The summed E-state index contributed by atoms with van der Waals surface area (Å²) in [6.45, 7) is 5.77. The molecule has 1 aromatic carbocycles. The standard InChI is InChI=1S/C14H21NO/c1-4-12(2)14-7-5-13(6-8-14)11-15(3)9-10-16/h5-8,10,12H,4,9,11H2,1-3H3. The lowest BCUT2D eigenvalue weighted by Crippen LogP contribution is -2.19. The Balaban J connectivity index is 2.60. The molecule has 0 spiro atoms. The zero-order valence-corrected chi connectivity index (χ0v) is 10.4. The molecule has 16 heavy (non-hydrogen) atoms. The van der Waals surface area contributed by atoms with Crippen molar-refractivity contribution in [1.82, 2.24) is 4.90 Å². The first-order valence-electron chi connectivity index (χ1n) is 5.88. The van der Waals surface area contributed by atoms with Gasteiger partial charge < -0.3 is 4.79 Å². The van der Waals surface area contributed by atoms with Crippen LogP contribution in [0, 0.1) is 0 Å². The fourth-order valence-corrected chi connectivity index (χ4v) is 1.69. The molecule has 0 saturated carbocycles. The lowest BCUT2D eigenvalue weighted by molar-refractivity contribution is -0.108. The first kappa shape index (κ1) is 12.9. The van der Waals surface area contributed by atoms with Gasteiger partial charge in [-0.1, -0.05) is 38.1 Å². The quantitative estimate of drug-likeness (QED) is 0.686. The summed E-state index contributed by atoms with van der Waals surface area (Å²) in [4.78, 5) is 12.4. The van der Waals surface area contributed by atoms with Crippen LogP contribution in [0.5, 0.6) is 0 Å². The van der Waals surface area contributed by atoms with Crippen molar-refractivity contribution in [2.24, 2.45) is 0 Å². The van der Waals surface area contributed by atoms with Gasteiger partial charge in [-0.3, -0.25) is 4.90 Å². The highest BCUT2D eigenvalue weighted by atomic mass is 16.1. The molecule has 0 heterocycles. The van der Waals surface area contributed by atoms with E-state index in [9.17, 15) is 4.79 Å². The van der Waals surface area contributed by atoms with Crippen molar-refractivity contribution in [2.45, 2.75) is 32.7 Å². The molecule has 0 radical (unpaired) electrons. The first-order valence-corrected chi connectivity index (χ1v) is 5.88. The Morgan fingerprint density at radius 2 is 1.94 bits per heavy atom. The van der Waals surface area contributed by atoms with Crippen LogP contribution in [-0.2, 0) is 11.3 Å². The van der Waals surface area contributed by atoms with Crippen molar-refractivity contribution in [3.8, 4) is 0 Å². The predicted molar refractivity (Wildman–Crippen MR) is 67.5 cm³/mol. The van der Waals surface area contributed by atoms with E-state index in [0.29, 0.717) is 12.5 Å². The molecule has 0 aliphatic carbocycles. The minimum atomic E-state index is 0.493. The highest BCUT2D eigenvalue weighted by Crippen LogP contribution is 2.19. The minimum Gasteiger partial charge on any atom is -0.302 e. The average Bonchev–Trinajstić information content (AvgIpc) is 2.29. The van der Waals surface area contributed by atoms with Crippen LogP contribution < -0.4 is 0 Å². The fraction of sp³-hybridized carbons (Fsp3) is 0.500. The number of carbonyl (C=O) groups is 1. The van der Waals surface area contributed by atoms with Gasteiger partial charge in [0.25, 0.3) is 0 Å². The van der Waals surface area contributed by atoms with Crippen molar-refractivity contribution in [2.75, 3.05) is 13.6 Å². The zero-order chi connectivity index (χ0) is 12.0. The molecule has 0 aliphatic heterocycles. The molecular formula is C14H21NO. The largest absolute Gasteiger partial charge is 0.302 e. The van der Waals surface area contributed by atoms with Crippen LogP contribution in [0.4, 0.5) is 0 Å². The molecule has 0 fully saturated rings. The van der Waals surface area contributed by atoms with Gasteiger partial charge in [-0.15, -0.1) is 0 Å². The highest BCUT2D eigenvalue weighted by molar-refractivity contribution is 5.51. The van der Waals surface area contributed by atoms with Gasteiger partial charge in [0.15, 0.2) is 0 Å². The van der Waals surface area contributed by atoms with Crippen LogP contribution in [0.1, 0.15) is 37.3 Å². The molecule has 2 nitrogen and oxygen atoms in total. The Bertz CT molecular complexity index is 318. The van der Waals surface area contributed by atoms with E-state index < -0.39 is 0 Å². The van der Waals surface area contributed by atoms with Gasteiger partial charge in [-0.05, 0) is 30.5 Å². The third-order valence-electron chi connectivity index (χ3n) is 3.00. The number of likely N-dealkylation sites (N-methyl/N-ethyl adjacent to an activating group) is 1. The smallest absolute Gasteiger partial charge is 0.133 e. The van der Waals surface area contributed by atoms with Crippen LogP contribution in [0.3, 0.4) is 0 Å². The Morgan fingerprint density at radius 3 is 2.44 bits per heavy atom. The Hall–Kier alpha value is -1.15. The molecule has 0 amide bonds. The number of rotatable bonds is 6. The van der Waals surface area contributed by atoms with Crippen molar-refractivity contribution >= 4 is 6.29 Å². The number of aldehydes is 1. The molecule has 1 atom stereocenters. The van der Waals surface area contributed by atoms with E-state index in [1.54, 1.807) is 0 Å². The maximum Gasteiger partial charge on any atom is 0.133 e. The van der Waals surface area contributed by atoms with Crippen molar-refractivity contribution < 1.29 is 4.79 Å². The Kier molecular flexibility index (Phi) is 5.20. The van der Waals surface area contributed by atoms with E-state index in [1.165, 1.54) is 17.5 Å². The third-order valence-corrected chi connectivity index (χ3v) is 3.00. The summed E-state index contributed by atoms with van der Waals surface area (Å²) in [7, 11) is 1.96. The van der Waals surface area contributed by atoms with Gasteiger partial charge in [0.05, 0.1) is 6.54 Å². The molecule has 1 unspecified atom stereocenters. The van der Waals surface area contributed by atoms with Crippen molar-refractivity contribution in [3.05, 3.63) is 35.4 Å². The average molecular weight is 219 g/mol. The first-order chi connectivity index (χ1) is 7.67. The maximum absolute atomic E-state index is 10.3. The summed E-state index contributed by atoms with van der Waals surface area (Å²) in [5.41, 5.74) is 2.65. The van der Waals surface area contributed by atoms with Gasteiger partial charge in [0.1, 0.15) is 6.29 Å². The SMILES string of the molecule is CCC(C)c1ccc(CN(C)CC=O)cc1. The third kappa shape index (κ3) is 3.78. The normalized spacial score (nSPS) is 12.8. The van der Waals surface area contributed by atoms with Crippen LogP contribution in [0.2, 0.25) is 0 Å². The molecule has 0 bridgehead atoms. The highest BCUT2D eigenvalue weighted by Gasteiger charge is 2.03. The van der Waals surface area contributed by atoms with Crippen molar-refractivity contribution in [3.63, 3.8) is 0 Å². The topological polar surface area (TPSA) is 20.3 Å². The predicted octanol–water partition coefficient (Wildman–Crippen LogP) is 2.83. The zero-order valence-electron chi connectivity index (χ0n) is 10.4. The van der Waals surface area contributed by atoms with Gasteiger partial charge in [0.2, 0.25) is 0 Å². The second kappa shape index (κ2) is 6.44. The molecular weight excluding hydrogens is 198 g/mol. The summed E-state index contributed by atoms with van der Waals surface area (Å²) >= 11 is 0. The Labute approximate surface area is 98.3 Å². The summed E-state index contributed by atoms with van der Waals surface area (Å²) in [6, 6.07) is 8.70. The number of hydrogen-bond donors (Lipinski definition) is 0. The van der Waals surface area contributed by atoms with Gasteiger partial charge >= 0.3 is 0 Å². The van der Waals surface area contributed by atoms with Gasteiger partial charge in [-0.2, -0.15) is 0 Å². The van der Waals surface area contributed by atoms with Crippen LogP contribution in [-0.4, -0.2) is 24.8 Å². The summed E-state index contributed by atoms with van der Waals surface area (Å²) in [5, 5.41) is 0. The minimum absolute atomic E-state index is 0.493. The van der Waals surface area contributed by atoms with Gasteiger partial charge in [0, 0.05) is 6.54 Å². The van der Waals surface area contributed by atoms with E-state index >= 15 is 0 Å². The number of nitrogens with zero attached hydrogens (tertiary/aromatic N) is 1. The molecule has 2 heteroatoms. The fourth-order valence-electron chi connectivity index (χ4n) is 1.69. The maximum atomic E-state index is 10.3. The van der Waals surface area contributed by atoms with E-state index in [2.05, 4.69) is 38.1 Å². The number of carbonyl (C=O) groups excluding carboxylic acids is 1. The monoisotopic (exact) mass is 219 g/mol. The lowest BCUT2D eigenvalue weighted by atomic mass is 9.97. The number of hydrogen-bond acceptors (Lipinski definition) is 2. The molecule has 1 rings (SSSR count). The van der Waals surface area contributed by atoms with Crippen LogP contribution >= 0.6 is 0 Å². The van der Waals surface area contributed by atoms with Crippen molar-refractivity contribution in [1.29, 1.82) is 0 Å². The second-order valence-electron chi connectivity index (χ2n) is 4.41. The van der Waals surface area contributed by atoms with E-state index in [-0.39, 0.29) is 0 Å². The lowest BCUT2D eigenvalue weighted by Gasteiger charge is -2.14. The van der Waals surface area contributed by atoms with Gasteiger partial charge in [-0.25, -0.2) is 0 Å². The van der Waals surface area contributed by atoms with E-state index in [1.807, 2.05) is 11.9 Å². The molecule has 0 saturated heterocycles.